The Hall–Kier alpha value is -3.74. The lowest BCUT2D eigenvalue weighted by molar-refractivity contribution is 0.0738. The van der Waals surface area contributed by atoms with Gasteiger partial charge in [-0.25, -0.2) is 14.5 Å². The van der Waals surface area contributed by atoms with Crippen molar-refractivity contribution in [3.05, 3.63) is 88.8 Å². The largest absolute Gasteiger partial charge is 0.422 e. The molecule has 4 rings (SSSR count). The van der Waals surface area contributed by atoms with Gasteiger partial charge in [0.05, 0.1) is 11.7 Å². The smallest absolute Gasteiger partial charge is 0.349 e. The van der Waals surface area contributed by atoms with Crippen molar-refractivity contribution >= 4 is 16.9 Å². The number of hydrogen-bond acceptors (Lipinski definition) is 5. The number of para-hydroxylation sites is 1. The van der Waals surface area contributed by atoms with Gasteiger partial charge in [-0.3, -0.25) is 4.79 Å². The molecule has 7 heteroatoms. The maximum atomic E-state index is 12.9. The fourth-order valence-corrected chi connectivity index (χ4v) is 3.05. The maximum absolute atomic E-state index is 12.9. The number of hydrogen-bond donors (Lipinski definition) is 0. The zero-order chi connectivity index (χ0) is 19.7. The van der Waals surface area contributed by atoms with E-state index in [-0.39, 0.29) is 17.5 Å². The third-order valence-corrected chi connectivity index (χ3v) is 4.83. The topological polar surface area (TPSA) is 81.2 Å². The molecule has 1 unspecified atom stereocenters. The minimum atomic E-state index is -0.635. The molecule has 0 saturated heterocycles. The molecule has 0 radical (unpaired) electrons. The quantitative estimate of drug-likeness (QED) is 0.512. The summed E-state index contributed by atoms with van der Waals surface area (Å²) in [5.74, 6) is -0.382. The van der Waals surface area contributed by atoms with Gasteiger partial charge in [0.15, 0.2) is 0 Å². The number of benzene rings is 2. The Bertz CT molecular complexity index is 1180. The molecule has 0 bridgehead atoms. The van der Waals surface area contributed by atoms with Gasteiger partial charge in [0.2, 0.25) is 0 Å². The first kappa shape index (κ1) is 17.7. The second-order valence-corrected chi connectivity index (χ2v) is 6.51. The fraction of sp³-hybridized carbons (Fsp3) is 0.143. The van der Waals surface area contributed by atoms with Gasteiger partial charge in [0.25, 0.3) is 5.91 Å². The van der Waals surface area contributed by atoms with Crippen molar-refractivity contribution in [3.63, 3.8) is 0 Å². The van der Waals surface area contributed by atoms with Gasteiger partial charge in [-0.1, -0.05) is 30.3 Å². The van der Waals surface area contributed by atoms with Crippen LogP contribution in [0.2, 0.25) is 0 Å². The molecule has 0 saturated carbocycles. The SMILES string of the molecule is CC(c1ccc(-n2cncn2)cc1)N(C)C(=O)c1cc2ccccc2oc1=O. The van der Waals surface area contributed by atoms with Crippen LogP contribution in [-0.2, 0) is 0 Å². The Morgan fingerprint density at radius 3 is 2.61 bits per heavy atom. The third-order valence-electron chi connectivity index (χ3n) is 4.83. The summed E-state index contributed by atoms with van der Waals surface area (Å²) in [5.41, 5.74) is 1.66. The van der Waals surface area contributed by atoms with Gasteiger partial charge in [0.1, 0.15) is 23.8 Å². The molecular formula is C21H18N4O3. The van der Waals surface area contributed by atoms with Crippen molar-refractivity contribution in [1.82, 2.24) is 19.7 Å². The van der Waals surface area contributed by atoms with Crippen molar-refractivity contribution < 1.29 is 9.21 Å². The zero-order valence-corrected chi connectivity index (χ0v) is 15.4. The number of fused-ring (bicyclic) bond motifs is 1. The monoisotopic (exact) mass is 374 g/mol. The molecule has 0 aliphatic carbocycles. The molecule has 0 fully saturated rings. The second kappa shape index (κ2) is 7.11. The van der Waals surface area contributed by atoms with Crippen LogP contribution in [0.1, 0.15) is 28.9 Å². The molecule has 28 heavy (non-hydrogen) atoms. The minimum absolute atomic E-state index is 0.0206. The Kier molecular flexibility index (Phi) is 4.49. The lowest BCUT2D eigenvalue weighted by Gasteiger charge is -2.25. The van der Waals surface area contributed by atoms with E-state index in [1.165, 1.54) is 11.2 Å². The number of nitrogens with zero attached hydrogens (tertiary/aromatic N) is 4. The molecule has 1 amide bonds. The Morgan fingerprint density at radius 1 is 1.14 bits per heavy atom. The standard InChI is InChI=1S/C21H18N4O3/c1-14(15-7-9-17(10-8-15)25-13-22-12-23-25)24(2)20(26)18-11-16-5-3-4-6-19(16)28-21(18)27/h3-14H,1-2H3. The van der Waals surface area contributed by atoms with Crippen molar-refractivity contribution in [1.29, 1.82) is 0 Å². The number of carbonyl (C=O) groups is 1. The van der Waals surface area contributed by atoms with E-state index in [2.05, 4.69) is 10.1 Å². The Balaban J connectivity index is 1.60. The predicted octanol–water partition coefficient (Wildman–Crippen LogP) is 3.21. The van der Waals surface area contributed by atoms with E-state index in [9.17, 15) is 9.59 Å². The number of carbonyl (C=O) groups excluding carboxylic acids is 1. The fourth-order valence-electron chi connectivity index (χ4n) is 3.05. The minimum Gasteiger partial charge on any atom is -0.422 e. The lowest BCUT2D eigenvalue weighted by atomic mass is 10.1. The van der Waals surface area contributed by atoms with Crippen LogP contribution in [0.3, 0.4) is 0 Å². The van der Waals surface area contributed by atoms with Crippen molar-refractivity contribution in [2.75, 3.05) is 7.05 Å². The van der Waals surface area contributed by atoms with E-state index in [1.54, 1.807) is 42.3 Å². The van der Waals surface area contributed by atoms with Crippen LogP contribution >= 0.6 is 0 Å². The molecule has 2 aromatic heterocycles. The summed E-state index contributed by atoms with van der Waals surface area (Å²) in [6, 6.07) is 16.1. The average Bonchev–Trinajstić information content (AvgIpc) is 3.26. The molecule has 0 aliphatic heterocycles. The summed E-state index contributed by atoms with van der Waals surface area (Å²) in [7, 11) is 1.67. The van der Waals surface area contributed by atoms with Gasteiger partial charge < -0.3 is 9.32 Å². The van der Waals surface area contributed by atoms with Crippen LogP contribution in [0.15, 0.2) is 76.5 Å². The van der Waals surface area contributed by atoms with Crippen molar-refractivity contribution in [2.24, 2.45) is 0 Å². The molecule has 1 atom stereocenters. The van der Waals surface area contributed by atoms with E-state index in [0.29, 0.717) is 11.0 Å². The third kappa shape index (κ3) is 3.18. The number of aromatic nitrogens is 3. The molecule has 0 aliphatic rings. The molecule has 0 spiro atoms. The summed E-state index contributed by atoms with van der Waals surface area (Å²) in [5, 5.41) is 4.81. The molecule has 2 heterocycles. The summed E-state index contributed by atoms with van der Waals surface area (Å²) in [6.45, 7) is 1.91. The predicted molar refractivity (Wildman–Crippen MR) is 104 cm³/mol. The Labute approximate surface area is 160 Å². The summed E-state index contributed by atoms with van der Waals surface area (Å²) in [6.07, 6.45) is 3.09. The van der Waals surface area contributed by atoms with E-state index >= 15 is 0 Å². The first-order valence-corrected chi connectivity index (χ1v) is 8.79. The van der Waals surface area contributed by atoms with Crippen LogP contribution in [0.4, 0.5) is 0 Å². The number of rotatable bonds is 4. The maximum Gasteiger partial charge on any atom is 0.349 e. The molecule has 7 nitrogen and oxygen atoms in total. The van der Waals surface area contributed by atoms with E-state index in [1.807, 2.05) is 37.3 Å². The zero-order valence-electron chi connectivity index (χ0n) is 15.4. The van der Waals surface area contributed by atoms with Crippen LogP contribution in [0, 0.1) is 0 Å². The highest BCUT2D eigenvalue weighted by Crippen LogP contribution is 2.22. The molecular weight excluding hydrogens is 356 g/mol. The van der Waals surface area contributed by atoms with Gasteiger partial charge >= 0.3 is 5.63 Å². The highest BCUT2D eigenvalue weighted by atomic mass is 16.4. The van der Waals surface area contributed by atoms with E-state index in [0.717, 1.165) is 11.3 Å². The highest BCUT2D eigenvalue weighted by molar-refractivity contribution is 5.96. The molecule has 2 aromatic carbocycles. The van der Waals surface area contributed by atoms with Gasteiger partial charge in [-0.05, 0) is 36.8 Å². The van der Waals surface area contributed by atoms with Crippen molar-refractivity contribution in [3.8, 4) is 5.69 Å². The van der Waals surface area contributed by atoms with Crippen molar-refractivity contribution in [2.45, 2.75) is 13.0 Å². The van der Waals surface area contributed by atoms with Gasteiger partial charge in [-0.15, -0.1) is 0 Å². The van der Waals surface area contributed by atoms with Crippen LogP contribution in [0.5, 0.6) is 0 Å². The average molecular weight is 374 g/mol. The van der Waals surface area contributed by atoms with Gasteiger partial charge in [0, 0.05) is 12.4 Å². The van der Waals surface area contributed by atoms with Gasteiger partial charge in [-0.2, -0.15) is 5.10 Å². The van der Waals surface area contributed by atoms with E-state index in [4.69, 9.17) is 4.42 Å². The molecule has 140 valence electrons. The molecule has 4 aromatic rings. The first-order chi connectivity index (χ1) is 13.5. The summed E-state index contributed by atoms with van der Waals surface area (Å²) in [4.78, 5) is 30.7. The normalized spacial score (nSPS) is 12.1. The highest BCUT2D eigenvalue weighted by Gasteiger charge is 2.22. The lowest BCUT2D eigenvalue weighted by Crippen LogP contribution is -2.32. The van der Waals surface area contributed by atoms with Crippen LogP contribution < -0.4 is 5.63 Å². The number of amides is 1. The Morgan fingerprint density at radius 2 is 1.89 bits per heavy atom. The van der Waals surface area contributed by atoms with E-state index < -0.39 is 5.63 Å². The first-order valence-electron chi connectivity index (χ1n) is 8.79. The molecule has 0 N–H and O–H groups in total. The van der Waals surface area contributed by atoms with Crippen LogP contribution in [-0.4, -0.2) is 32.6 Å². The second-order valence-electron chi connectivity index (χ2n) is 6.51. The van der Waals surface area contributed by atoms with Crippen LogP contribution in [0.25, 0.3) is 16.7 Å². The summed E-state index contributed by atoms with van der Waals surface area (Å²) >= 11 is 0. The summed E-state index contributed by atoms with van der Waals surface area (Å²) < 4.78 is 6.94.